The van der Waals surface area contributed by atoms with E-state index in [2.05, 4.69) is 25.8 Å². The highest BCUT2D eigenvalue weighted by Gasteiger charge is 2.15. The Morgan fingerprint density at radius 3 is 2.63 bits per heavy atom. The number of hydrogen-bond acceptors (Lipinski definition) is 3. The molecule has 4 heteroatoms. The van der Waals surface area contributed by atoms with Gasteiger partial charge in [-0.2, -0.15) is 0 Å². The summed E-state index contributed by atoms with van der Waals surface area (Å²) in [5.41, 5.74) is 6.94. The highest BCUT2D eigenvalue weighted by Crippen LogP contribution is 2.21. The Morgan fingerprint density at radius 1 is 1.42 bits per heavy atom. The lowest BCUT2D eigenvalue weighted by molar-refractivity contribution is 0.231. The van der Waals surface area contributed by atoms with Gasteiger partial charge in [0.05, 0.1) is 7.11 Å². The fourth-order valence-corrected chi connectivity index (χ4v) is 2.15. The Bertz CT molecular complexity index is 398. The van der Waals surface area contributed by atoms with Gasteiger partial charge < -0.3 is 15.4 Å². The maximum atomic E-state index is 13.6. The second-order valence-corrected chi connectivity index (χ2v) is 5.08. The Hall–Kier alpha value is -1.13. The van der Waals surface area contributed by atoms with Crippen molar-refractivity contribution < 1.29 is 9.13 Å². The number of halogens is 1. The number of ether oxygens (including phenoxy) is 1. The maximum absolute atomic E-state index is 13.6. The van der Waals surface area contributed by atoms with Crippen LogP contribution in [0.15, 0.2) is 18.2 Å². The van der Waals surface area contributed by atoms with Crippen LogP contribution in [0.5, 0.6) is 5.75 Å². The second kappa shape index (κ2) is 7.46. The molecule has 0 saturated carbocycles. The molecule has 0 amide bonds. The lowest BCUT2D eigenvalue weighted by Crippen LogP contribution is -2.35. The van der Waals surface area contributed by atoms with E-state index in [1.54, 1.807) is 6.07 Å². The number of hydrogen-bond donors (Lipinski definition) is 1. The van der Waals surface area contributed by atoms with Gasteiger partial charge in [0.2, 0.25) is 0 Å². The monoisotopic (exact) mass is 268 g/mol. The Kier molecular flexibility index (Phi) is 6.25. The van der Waals surface area contributed by atoms with E-state index < -0.39 is 0 Å². The first-order chi connectivity index (χ1) is 8.99. The minimum atomic E-state index is -0.361. The number of methoxy groups -OCH3 is 1. The van der Waals surface area contributed by atoms with Gasteiger partial charge in [-0.1, -0.05) is 19.4 Å². The highest BCUT2D eigenvalue weighted by molar-refractivity contribution is 5.31. The molecule has 0 bridgehead atoms. The van der Waals surface area contributed by atoms with E-state index in [1.165, 1.54) is 13.2 Å². The van der Waals surface area contributed by atoms with Crippen LogP contribution in [0.4, 0.5) is 4.39 Å². The summed E-state index contributed by atoms with van der Waals surface area (Å²) in [4.78, 5) is 2.22. The van der Waals surface area contributed by atoms with Gasteiger partial charge >= 0.3 is 0 Å². The molecule has 108 valence electrons. The summed E-state index contributed by atoms with van der Waals surface area (Å²) in [5, 5.41) is 0. The topological polar surface area (TPSA) is 38.5 Å². The van der Waals surface area contributed by atoms with E-state index in [0.29, 0.717) is 12.6 Å². The molecule has 0 fully saturated rings. The zero-order valence-corrected chi connectivity index (χ0v) is 12.3. The molecule has 0 saturated heterocycles. The summed E-state index contributed by atoms with van der Waals surface area (Å²) >= 11 is 0. The van der Waals surface area contributed by atoms with Gasteiger partial charge in [-0.25, -0.2) is 4.39 Å². The van der Waals surface area contributed by atoms with Crippen LogP contribution < -0.4 is 10.5 Å². The zero-order chi connectivity index (χ0) is 14.4. The third kappa shape index (κ3) is 4.48. The fraction of sp³-hybridized carbons (Fsp3) is 0.600. The van der Waals surface area contributed by atoms with Gasteiger partial charge in [0.15, 0.2) is 11.6 Å². The smallest absolute Gasteiger partial charge is 0.165 e. The zero-order valence-electron chi connectivity index (χ0n) is 12.3. The van der Waals surface area contributed by atoms with Crippen molar-refractivity contribution in [2.75, 3.05) is 20.7 Å². The molecule has 0 heterocycles. The number of likely N-dealkylation sites (N-methyl/N-ethyl adjacent to an activating group) is 1. The van der Waals surface area contributed by atoms with Crippen LogP contribution in [-0.2, 0) is 0 Å². The van der Waals surface area contributed by atoms with Crippen molar-refractivity contribution in [1.82, 2.24) is 4.90 Å². The molecular formula is C15H25FN2O. The number of nitrogens with zero attached hydrogens (tertiary/aromatic N) is 1. The second-order valence-electron chi connectivity index (χ2n) is 5.08. The van der Waals surface area contributed by atoms with Gasteiger partial charge in [0.25, 0.3) is 0 Å². The van der Waals surface area contributed by atoms with Gasteiger partial charge in [-0.15, -0.1) is 0 Å². The van der Waals surface area contributed by atoms with Crippen LogP contribution in [0.1, 0.15) is 38.3 Å². The molecule has 0 aliphatic heterocycles. The predicted molar refractivity (Wildman–Crippen MR) is 76.9 cm³/mol. The van der Waals surface area contributed by atoms with Crippen LogP contribution in [0.25, 0.3) is 0 Å². The lowest BCUT2D eigenvalue weighted by atomic mass is 10.1. The van der Waals surface area contributed by atoms with Crippen molar-refractivity contribution in [3.8, 4) is 5.75 Å². The molecule has 0 aliphatic rings. The molecule has 1 aromatic rings. The van der Waals surface area contributed by atoms with E-state index >= 15 is 0 Å². The van der Waals surface area contributed by atoms with Crippen molar-refractivity contribution >= 4 is 0 Å². The highest BCUT2D eigenvalue weighted by atomic mass is 19.1. The lowest BCUT2D eigenvalue weighted by Gasteiger charge is -2.27. The first kappa shape index (κ1) is 15.9. The Balaban J connectivity index is 2.67. The molecule has 2 atom stereocenters. The predicted octanol–water partition coefficient (Wildman–Crippen LogP) is 2.95. The SMILES string of the molecule is CCCC(C)N(C)CC(N)c1ccc(OC)c(F)c1. The van der Waals surface area contributed by atoms with Crippen LogP contribution in [-0.4, -0.2) is 31.6 Å². The van der Waals surface area contributed by atoms with E-state index in [9.17, 15) is 4.39 Å². The maximum Gasteiger partial charge on any atom is 0.165 e. The van der Waals surface area contributed by atoms with Crippen molar-refractivity contribution in [1.29, 1.82) is 0 Å². The summed E-state index contributed by atoms with van der Waals surface area (Å²) in [5.74, 6) is -0.108. The molecule has 0 spiro atoms. The summed E-state index contributed by atoms with van der Waals surface area (Å²) < 4.78 is 18.5. The van der Waals surface area contributed by atoms with Crippen LogP contribution in [0.3, 0.4) is 0 Å². The van der Waals surface area contributed by atoms with E-state index in [4.69, 9.17) is 10.5 Å². The van der Waals surface area contributed by atoms with Gasteiger partial charge in [0.1, 0.15) is 0 Å². The van der Waals surface area contributed by atoms with Gasteiger partial charge in [0, 0.05) is 18.6 Å². The van der Waals surface area contributed by atoms with Crippen LogP contribution in [0, 0.1) is 5.82 Å². The third-order valence-corrected chi connectivity index (χ3v) is 3.55. The molecule has 0 aromatic heterocycles. The largest absolute Gasteiger partial charge is 0.494 e. The minimum absolute atomic E-state index is 0.190. The molecule has 19 heavy (non-hydrogen) atoms. The Morgan fingerprint density at radius 2 is 2.11 bits per heavy atom. The molecule has 0 radical (unpaired) electrons. The molecule has 0 aliphatic carbocycles. The summed E-state index contributed by atoms with van der Waals surface area (Å²) in [7, 11) is 3.51. The normalized spacial score (nSPS) is 14.5. The number of benzene rings is 1. The third-order valence-electron chi connectivity index (χ3n) is 3.55. The Labute approximate surface area is 115 Å². The first-order valence-electron chi connectivity index (χ1n) is 6.78. The summed E-state index contributed by atoms with van der Waals surface area (Å²) in [6.45, 7) is 5.07. The first-order valence-corrected chi connectivity index (χ1v) is 6.78. The van der Waals surface area contributed by atoms with Gasteiger partial charge in [-0.3, -0.25) is 0 Å². The van der Waals surface area contributed by atoms with Crippen molar-refractivity contribution in [3.05, 3.63) is 29.6 Å². The average molecular weight is 268 g/mol. The van der Waals surface area contributed by atoms with E-state index in [1.807, 2.05) is 6.07 Å². The summed E-state index contributed by atoms with van der Waals surface area (Å²) in [6.07, 6.45) is 2.29. The molecule has 1 rings (SSSR count). The molecule has 3 nitrogen and oxygen atoms in total. The quantitative estimate of drug-likeness (QED) is 0.826. The van der Waals surface area contributed by atoms with Crippen molar-refractivity contribution in [2.24, 2.45) is 5.73 Å². The molecule has 2 unspecified atom stereocenters. The number of nitrogens with two attached hydrogens (primary N) is 1. The van der Waals surface area contributed by atoms with Crippen LogP contribution >= 0.6 is 0 Å². The van der Waals surface area contributed by atoms with Gasteiger partial charge in [-0.05, 0) is 38.1 Å². The van der Waals surface area contributed by atoms with Crippen LogP contribution in [0.2, 0.25) is 0 Å². The number of rotatable bonds is 7. The molecule has 2 N–H and O–H groups in total. The van der Waals surface area contributed by atoms with E-state index in [0.717, 1.165) is 18.4 Å². The van der Waals surface area contributed by atoms with E-state index in [-0.39, 0.29) is 17.6 Å². The minimum Gasteiger partial charge on any atom is -0.494 e. The summed E-state index contributed by atoms with van der Waals surface area (Å²) in [6, 6.07) is 5.20. The fourth-order valence-electron chi connectivity index (χ4n) is 2.15. The molecular weight excluding hydrogens is 243 g/mol. The standard InChI is InChI=1S/C15H25FN2O/c1-5-6-11(2)18(3)10-14(17)12-7-8-15(19-4)13(16)9-12/h7-9,11,14H,5-6,10,17H2,1-4H3. The average Bonchev–Trinajstić information content (AvgIpc) is 2.38. The van der Waals surface area contributed by atoms with Crippen molar-refractivity contribution in [3.63, 3.8) is 0 Å². The molecule has 1 aromatic carbocycles. The van der Waals surface area contributed by atoms with Crippen molar-refractivity contribution in [2.45, 2.75) is 38.8 Å².